The van der Waals surface area contributed by atoms with E-state index in [1.54, 1.807) is 0 Å². The van der Waals surface area contributed by atoms with Gasteiger partial charge in [-0.2, -0.15) is 0 Å². The van der Waals surface area contributed by atoms with Gasteiger partial charge in [-0.25, -0.2) is 0 Å². The Morgan fingerprint density at radius 1 is 1.30 bits per heavy atom. The van der Waals surface area contributed by atoms with Gasteiger partial charge in [-0.3, -0.25) is 0 Å². The first kappa shape index (κ1) is 13.5. The van der Waals surface area contributed by atoms with E-state index in [-0.39, 0.29) is 6.04 Å². The van der Waals surface area contributed by atoms with Gasteiger partial charge in [0, 0.05) is 22.5 Å². The summed E-state index contributed by atoms with van der Waals surface area (Å²) < 4.78 is 5.98. The van der Waals surface area contributed by atoms with Gasteiger partial charge in [0.15, 0.2) is 0 Å². The summed E-state index contributed by atoms with van der Waals surface area (Å²) in [4.78, 5) is 0. The highest BCUT2D eigenvalue weighted by atomic mass is 35.5. The van der Waals surface area contributed by atoms with Crippen LogP contribution in [0.5, 0.6) is 5.75 Å². The van der Waals surface area contributed by atoms with Crippen molar-refractivity contribution in [1.29, 1.82) is 0 Å². The van der Waals surface area contributed by atoms with Crippen LogP contribution in [0.3, 0.4) is 0 Å². The first-order valence-corrected chi connectivity index (χ1v) is 7.28. The van der Waals surface area contributed by atoms with Crippen molar-refractivity contribution in [2.24, 2.45) is 5.73 Å². The standard InChI is InChI=1S/C17H18ClNO/c1-11(19)16-9-14(18)6-7-17(16)20-10-13-8-12-4-2-3-5-15(12)13/h2-7,9,11,13H,8,10,19H2,1H3/t11-,13?/m0/s1. The molecule has 0 saturated heterocycles. The lowest BCUT2D eigenvalue weighted by atomic mass is 9.78. The predicted molar refractivity (Wildman–Crippen MR) is 82.4 cm³/mol. The molecular formula is C17H18ClNO. The van der Waals surface area contributed by atoms with Gasteiger partial charge in [-0.1, -0.05) is 35.9 Å². The summed E-state index contributed by atoms with van der Waals surface area (Å²) in [6, 6.07) is 14.1. The normalized spacial score (nSPS) is 18.1. The van der Waals surface area contributed by atoms with Crippen LogP contribution in [0.2, 0.25) is 5.02 Å². The fourth-order valence-electron chi connectivity index (χ4n) is 2.71. The number of fused-ring (bicyclic) bond motifs is 1. The van der Waals surface area contributed by atoms with Gasteiger partial charge in [0.05, 0.1) is 6.61 Å². The molecule has 0 spiro atoms. The van der Waals surface area contributed by atoms with Gasteiger partial charge in [-0.05, 0) is 42.7 Å². The van der Waals surface area contributed by atoms with Crippen LogP contribution in [0, 0.1) is 0 Å². The lowest BCUT2D eigenvalue weighted by Gasteiger charge is -2.30. The zero-order valence-electron chi connectivity index (χ0n) is 11.5. The minimum Gasteiger partial charge on any atom is -0.493 e. The molecule has 2 atom stereocenters. The first-order valence-electron chi connectivity index (χ1n) is 6.91. The van der Waals surface area contributed by atoms with Crippen LogP contribution >= 0.6 is 11.6 Å². The molecule has 1 aliphatic rings. The summed E-state index contributed by atoms with van der Waals surface area (Å²) in [6.07, 6.45) is 1.09. The van der Waals surface area contributed by atoms with E-state index in [2.05, 4.69) is 24.3 Å². The van der Waals surface area contributed by atoms with E-state index in [9.17, 15) is 0 Å². The van der Waals surface area contributed by atoms with Crippen molar-refractivity contribution < 1.29 is 4.74 Å². The van der Waals surface area contributed by atoms with Crippen LogP contribution in [0.15, 0.2) is 42.5 Å². The molecule has 0 fully saturated rings. The minimum absolute atomic E-state index is 0.0858. The minimum atomic E-state index is -0.0858. The highest BCUT2D eigenvalue weighted by molar-refractivity contribution is 6.30. The van der Waals surface area contributed by atoms with Gasteiger partial charge in [0.1, 0.15) is 5.75 Å². The second-order valence-corrected chi connectivity index (χ2v) is 5.82. The summed E-state index contributed by atoms with van der Waals surface area (Å²) >= 11 is 6.02. The SMILES string of the molecule is C[C@H](N)c1cc(Cl)ccc1OCC1Cc2ccccc21. The Morgan fingerprint density at radius 3 is 2.85 bits per heavy atom. The maximum absolute atomic E-state index is 6.02. The van der Waals surface area contributed by atoms with Gasteiger partial charge in [-0.15, -0.1) is 0 Å². The number of nitrogens with two attached hydrogens (primary N) is 1. The molecule has 0 saturated carbocycles. The van der Waals surface area contributed by atoms with Crippen LogP contribution in [0.1, 0.15) is 35.6 Å². The Bertz CT molecular complexity index is 624. The third kappa shape index (κ3) is 2.54. The summed E-state index contributed by atoms with van der Waals surface area (Å²) in [5, 5.41) is 0.693. The Labute approximate surface area is 124 Å². The van der Waals surface area contributed by atoms with E-state index in [1.165, 1.54) is 11.1 Å². The lowest BCUT2D eigenvalue weighted by molar-refractivity contribution is 0.272. The van der Waals surface area contributed by atoms with E-state index in [1.807, 2.05) is 25.1 Å². The molecule has 3 rings (SSSR count). The largest absolute Gasteiger partial charge is 0.493 e. The highest BCUT2D eigenvalue weighted by Crippen LogP contribution is 2.36. The molecule has 1 aliphatic carbocycles. The lowest BCUT2D eigenvalue weighted by Crippen LogP contribution is -2.23. The van der Waals surface area contributed by atoms with Crippen LogP contribution in [-0.4, -0.2) is 6.61 Å². The fraction of sp³-hybridized carbons (Fsp3) is 0.294. The third-order valence-corrected chi connectivity index (χ3v) is 4.10. The van der Waals surface area contributed by atoms with E-state index in [0.717, 1.165) is 17.7 Å². The number of benzene rings is 2. The highest BCUT2D eigenvalue weighted by Gasteiger charge is 2.26. The number of halogens is 1. The van der Waals surface area contributed by atoms with E-state index >= 15 is 0 Å². The van der Waals surface area contributed by atoms with Gasteiger partial charge < -0.3 is 10.5 Å². The van der Waals surface area contributed by atoms with Gasteiger partial charge in [0.2, 0.25) is 0 Å². The molecule has 2 aromatic carbocycles. The monoisotopic (exact) mass is 287 g/mol. The zero-order chi connectivity index (χ0) is 14.1. The Morgan fingerprint density at radius 2 is 2.10 bits per heavy atom. The molecule has 0 amide bonds. The van der Waals surface area contributed by atoms with Gasteiger partial charge >= 0.3 is 0 Å². The van der Waals surface area contributed by atoms with Crippen LogP contribution in [-0.2, 0) is 6.42 Å². The number of rotatable bonds is 4. The van der Waals surface area contributed by atoms with E-state index in [4.69, 9.17) is 22.1 Å². The predicted octanol–water partition coefficient (Wildman–Crippen LogP) is 4.08. The van der Waals surface area contributed by atoms with Crippen molar-refractivity contribution in [3.05, 3.63) is 64.2 Å². The summed E-state index contributed by atoms with van der Waals surface area (Å²) in [6.45, 7) is 2.63. The first-order chi connectivity index (χ1) is 9.65. The topological polar surface area (TPSA) is 35.2 Å². The van der Waals surface area contributed by atoms with Gasteiger partial charge in [0.25, 0.3) is 0 Å². The quantitative estimate of drug-likeness (QED) is 0.920. The number of hydrogen-bond acceptors (Lipinski definition) is 2. The Hall–Kier alpha value is -1.51. The van der Waals surface area contributed by atoms with Crippen LogP contribution in [0.4, 0.5) is 0 Å². The number of ether oxygens (including phenoxy) is 1. The number of hydrogen-bond donors (Lipinski definition) is 1. The third-order valence-electron chi connectivity index (χ3n) is 3.86. The maximum atomic E-state index is 6.02. The molecule has 20 heavy (non-hydrogen) atoms. The Balaban J connectivity index is 1.71. The molecule has 1 unspecified atom stereocenters. The average Bonchev–Trinajstić information content (AvgIpc) is 2.41. The van der Waals surface area contributed by atoms with Crippen molar-refractivity contribution in [2.45, 2.75) is 25.3 Å². The second kappa shape index (κ2) is 5.47. The molecule has 2 aromatic rings. The molecule has 0 radical (unpaired) electrons. The van der Waals surface area contributed by atoms with Crippen molar-refractivity contribution in [3.63, 3.8) is 0 Å². The van der Waals surface area contributed by atoms with Crippen molar-refractivity contribution >= 4 is 11.6 Å². The summed E-state index contributed by atoms with van der Waals surface area (Å²) in [5.41, 5.74) is 9.78. The molecule has 3 heteroatoms. The Kier molecular flexibility index (Phi) is 3.68. The fourth-order valence-corrected chi connectivity index (χ4v) is 2.89. The molecule has 0 bridgehead atoms. The average molecular weight is 288 g/mol. The maximum Gasteiger partial charge on any atom is 0.124 e. The van der Waals surface area contributed by atoms with Crippen LogP contribution in [0.25, 0.3) is 0 Å². The summed E-state index contributed by atoms with van der Waals surface area (Å²) in [7, 11) is 0. The van der Waals surface area contributed by atoms with E-state index in [0.29, 0.717) is 17.5 Å². The zero-order valence-corrected chi connectivity index (χ0v) is 12.2. The van der Waals surface area contributed by atoms with Crippen molar-refractivity contribution in [1.82, 2.24) is 0 Å². The van der Waals surface area contributed by atoms with Crippen LogP contribution < -0.4 is 10.5 Å². The summed E-state index contributed by atoms with van der Waals surface area (Å²) in [5.74, 6) is 1.33. The molecule has 104 valence electrons. The molecule has 0 heterocycles. The molecule has 2 N–H and O–H groups in total. The van der Waals surface area contributed by atoms with Crippen molar-refractivity contribution in [2.75, 3.05) is 6.61 Å². The molecule has 0 aliphatic heterocycles. The molecule has 2 nitrogen and oxygen atoms in total. The second-order valence-electron chi connectivity index (χ2n) is 5.38. The molecule has 0 aromatic heterocycles. The smallest absolute Gasteiger partial charge is 0.124 e. The van der Waals surface area contributed by atoms with E-state index < -0.39 is 0 Å². The molecular weight excluding hydrogens is 270 g/mol. The van der Waals surface area contributed by atoms with Crippen molar-refractivity contribution in [3.8, 4) is 5.75 Å².